The van der Waals surface area contributed by atoms with Gasteiger partial charge in [0.2, 0.25) is 5.88 Å². The van der Waals surface area contributed by atoms with Crippen LogP contribution in [0.2, 0.25) is 0 Å². The Balaban J connectivity index is 3.49. The van der Waals surface area contributed by atoms with Crippen molar-refractivity contribution in [1.29, 1.82) is 0 Å². The van der Waals surface area contributed by atoms with E-state index in [1.807, 2.05) is 0 Å². The lowest BCUT2D eigenvalue weighted by Crippen LogP contribution is -2.23. The highest BCUT2D eigenvalue weighted by Gasteiger charge is 2.41. The van der Waals surface area contributed by atoms with Crippen molar-refractivity contribution in [1.82, 2.24) is 4.98 Å². The van der Waals surface area contributed by atoms with Gasteiger partial charge in [-0.05, 0) is 0 Å². The van der Waals surface area contributed by atoms with Crippen LogP contribution >= 0.6 is 0 Å². The van der Waals surface area contributed by atoms with Crippen LogP contribution in [-0.4, -0.2) is 22.4 Å². The number of aromatic nitrogens is 1. The molecule has 0 aliphatic heterocycles. The first-order valence-corrected chi connectivity index (χ1v) is 4.64. The molecular weight excluding hydrogens is 303 g/mol. The lowest BCUT2D eigenvalue weighted by atomic mass is 10.1. The Hall–Kier alpha value is -2.07. The fourth-order valence-electron chi connectivity index (χ4n) is 1.33. The van der Waals surface area contributed by atoms with Gasteiger partial charge in [-0.3, -0.25) is 4.79 Å². The maximum atomic E-state index is 13.1. The average Bonchev–Trinajstić information content (AvgIpc) is 2.17. The highest BCUT2D eigenvalue weighted by atomic mass is 19.4. The monoisotopic (exact) mass is 307 g/mol. The predicted molar refractivity (Wildman–Crippen MR) is 47.2 cm³/mol. The minimum Gasteiger partial charge on any atom is -0.481 e. The topological polar surface area (TPSA) is 59.4 Å². The van der Waals surface area contributed by atoms with Gasteiger partial charge < -0.3 is 9.84 Å². The van der Waals surface area contributed by atoms with Crippen molar-refractivity contribution in [2.45, 2.75) is 19.0 Å². The van der Waals surface area contributed by atoms with Crippen LogP contribution in [0.3, 0.4) is 0 Å². The first-order chi connectivity index (χ1) is 8.92. The Morgan fingerprint density at radius 3 is 2.20 bits per heavy atom. The molecule has 1 aromatic rings. The number of alkyl halides is 6. The third-order valence-corrected chi connectivity index (χ3v) is 1.92. The summed E-state index contributed by atoms with van der Waals surface area (Å²) in [5, 5.41) is 8.42. The first kappa shape index (κ1) is 16.0. The molecule has 112 valence electrons. The van der Waals surface area contributed by atoms with Crippen LogP contribution in [-0.2, 0) is 17.4 Å². The maximum absolute atomic E-state index is 13.1. The van der Waals surface area contributed by atoms with Gasteiger partial charge in [0.25, 0.3) is 0 Å². The van der Waals surface area contributed by atoms with Crippen LogP contribution in [0.25, 0.3) is 0 Å². The molecule has 0 amide bonds. The van der Waals surface area contributed by atoms with Gasteiger partial charge >= 0.3 is 18.5 Å². The van der Waals surface area contributed by atoms with E-state index in [0.29, 0.717) is 0 Å². The van der Waals surface area contributed by atoms with Gasteiger partial charge in [0, 0.05) is 5.56 Å². The summed E-state index contributed by atoms with van der Waals surface area (Å²) in [4.78, 5) is 13.1. The zero-order valence-corrected chi connectivity index (χ0v) is 9.14. The second-order valence-corrected chi connectivity index (χ2v) is 3.38. The van der Waals surface area contributed by atoms with Gasteiger partial charge in [-0.1, -0.05) is 0 Å². The number of carboxylic acid groups (broad SMARTS) is 1. The van der Waals surface area contributed by atoms with Gasteiger partial charge in [0.1, 0.15) is 5.56 Å². The zero-order chi connectivity index (χ0) is 15.7. The van der Waals surface area contributed by atoms with Gasteiger partial charge in [-0.15, -0.1) is 13.2 Å². The molecule has 0 aliphatic carbocycles. The summed E-state index contributed by atoms with van der Waals surface area (Å²) in [7, 11) is 0. The van der Waals surface area contributed by atoms with Crippen molar-refractivity contribution in [3.8, 4) is 5.88 Å². The molecule has 0 aliphatic rings. The zero-order valence-electron chi connectivity index (χ0n) is 9.14. The standard InChI is InChI=1S/C9H4F7NO3/c10-4-2-17-7(20-9(14,15)16)3(1-5(18)19)6(4)8(11,12)13/h2H,1H2,(H,18,19). The van der Waals surface area contributed by atoms with Crippen LogP contribution in [0, 0.1) is 5.82 Å². The Labute approximate surface area is 105 Å². The van der Waals surface area contributed by atoms with E-state index >= 15 is 0 Å². The van der Waals surface area contributed by atoms with Crippen molar-refractivity contribution in [2.75, 3.05) is 0 Å². The molecule has 0 radical (unpaired) electrons. The van der Waals surface area contributed by atoms with Crippen molar-refractivity contribution >= 4 is 5.97 Å². The van der Waals surface area contributed by atoms with Crippen molar-refractivity contribution in [2.24, 2.45) is 0 Å². The Kier molecular flexibility index (Phi) is 4.10. The fourth-order valence-corrected chi connectivity index (χ4v) is 1.33. The van der Waals surface area contributed by atoms with Crippen LogP contribution in [0.4, 0.5) is 30.7 Å². The number of rotatable bonds is 3. The van der Waals surface area contributed by atoms with Gasteiger partial charge in [-0.2, -0.15) is 13.2 Å². The molecule has 1 rings (SSSR count). The molecular formula is C9H4F7NO3. The predicted octanol–water partition coefficient (Wildman–Crippen LogP) is 2.77. The minimum atomic E-state index is -5.40. The molecule has 0 saturated heterocycles. The molecule has 0 saturated carbocycles. The largest absolute Gasteiger partial charge is 0.574 e. The molecule has 1 N–H and O–H groups in total. The number of nitrogens with zero attached hydrogens (tertiary/aromatic N) is 1. The second kappa shape index (κ2) is 5.13. The van der Waals surface area contributed by atoms with E-state index in [-0.39, 0.29) is 6.20 Å². The van der Waals surface area contributed by atoms with E-state index in [9.17, 15) is 35.5 Å². The third-order valence-electron chi connectivity index (χ3n) is 1.92. The fraction of sp³-hybridized carbons (Fsp3) is 0.333. The number of halogens is 7. The van der Waals surface area contributed by atoms with Gasteiger partial charge in [0.05, 0.1) is 12.6 Å². The van der Waals surface area contributed by atoms with E-state index < -0.39 is 47.8 Å². The van der Waals surface area contributed by atoms with E-state index in [2.05, 4.69) is 9.72 Å². The number of ether oxygens (including phenoxy) is 1. The normalized spacial score (nSPS) is 12.3. The minimum absolute atomic E-state index is 0.130. The number of pyridine rings is 1. The lowest BCUT2D eigenvalue weighted by Gasteiger charge is -2.16. The molecule has 1 aromatic heterocycles. The number of carbonyl (C=O) groups is 1. The van der Waals surface area contributed by atoms with Crippen LogP contribution < -0.4 is 4.74 Å². The number of hydrogen-bond acceptors (Lipinski definition) is 3. The Morgan fingerprint density at radius 1 is 1.25 bits per heavy atom. The highest BCUT2D eigenvalue weighted by Crippen LogP contribution is 2.38. The summed E-state index contributed by atoms with van der Waals surface area (Å²) in [6, 6.07) is 0. The van der Waals surface area contributed by atoms with E-state index in [4.69, 9.17) is 5.11 Å². The lowest BCUT2D eigenvalue weighted by molar-refractivity contribution is -0.276. The molecule has 0 aromatic carbocycles. The van der Waals surface area contributed by atoms with E-state index in [1.165, 1.54) is 0 Å². The van der Waals surface area contributed by atoms with Crippen LogP contribution in [0.15, 0.2) is 6.20 Å². The summed E-state index contributed by atoms with van der Waals surface area (Å²) in [5.74, 6) is -5.56. The number of carboxylic acids is 1. The summed E-state index contributed by atoms with van der Waals surface area (Å²) in [6.45, 7) is 0. The first-order valence-electron chi connectivity index (χ1n) is 4.64. The molecule has 11 heteroatoms. The molecule has 0 spiro atoms. The van der Waals surface area contributed by atoms with Crippen LogP contribution in [0.5, 0.6) is 5.88 Å². The molecule has 20 heavy (non-hydrogen) atoms. The van der Waals surface area contributed by atoms with E-state index in [0.717, 1.165) is 0 Å². The van der Waals surface area contributed by atoms with Crippen LogP contribution in [0.1, 0.15) is 11.1 Å². The smallest absolute Gasteiger partial charge is 0.481 e. The average molecular weight is 307 g/mol. The molecule has 4 nitrogen and oxygen atoms in total. The highest BCUT2D eigenvalue weighted by molar-refractivity contribution is 5.72. The molecule has 0 bridgehead atoms. The maximum Gasteiger partial charge on any atom is 0.574 e. The van der Waals surface area contributed by atoms with Gasteiger partial charge in [-0.25, -0.2) is 9.37 Å². The Bertz CT molecular complexity index is 523. The summed E-state index contributed by atoms with van der Waals surface area (Å²) in [6.07, 6.45) is -12.5. The summed E-state index contributed by atoms with van der Waals surface area (Å²) in [5.41, 5.74) is -3.70. The molecule has 0 unspecified atom stereocenters. The summed E-state index contributed by atoms with van der Waals surface area (Å²) < 4.78 is 90.0. The molecule has 1 heterocycles. The second-order valence-electron chi connectivity index (χ2n) is 3.38. The van der Waals surface area contributed by atoms with E-state index in [1.54, 1.807) is 0 Å². The number of aliphatic carboxylic acids is 1. The molecule has 0 atom stereocenters. The van der Waals surface area contributed by atoms with Crippen molar-refractivity contribution in [3.05, 3.63) is 23.1 Å². The molecule has 0 fully saturated rings. The quantitative estimate of drug-likeness (QED) is 0.872. The Morgan fingerprint density at radius 2 is 1.80 bits per heavy atom. The summed E-state index contributed by atoms with van der Waals surface area (Å²) >= 11 is 0. The third kappa shape index (κ3) is 3.96. The number of hydrogen-bond donors (Lipinski definition) is 1. The van der Waals surface area contributed by atoms with Gasteiger partial charge in [0.15, 0.2) is 5.82 Å². The SMILES string of the molecule is O=C(O)Cc1c(OC(F)(F)F)ncc(F)c1C(F)(F)F. The van der Waals surface area contributed by atoms with Crippen molar-refractivity contribution < 1.29 is 45.4 Å². The van der Waals surface area contributed by atoms with Crippen molar-refractivity contribution in [3.63, 3.8) is 0 Å².